The molecule has 0 N–H and O–H groups in total. The molecule has 5 heteroatoms. The fraction of sp³-hybridized carbons (Fsp3) is 0.217. The smallest absolute Gasteiger partial charge is 0.254 e. The summed E-state index contributed by atoms with van der Waals surface area (Å²) in [4.78, 5) is 20.4. The summed E-state index contributed by atoms with van der Waals surface area (Å²) >= 11 is 7.69. The Morgan fingerprint density at radius 1 is 1.04 bits per heavy atom. The van der Waals surface area contributed by atoms with E-state index in [4.69, 9.17) is 11.6 Å². The van der Waals surface area contributed by atoms with Crippen LogP contribution in [0.3, 0.4) is 0 Å². The van der Waals surface area contributed by atoms with Crippen LogP contribution in [0.4, 0.5) is 0 Å². The number of hydrogen-bond donors (Lipinski definition) is 0. The van der Waals surface area contributed by atoms with Gasteiger partial charge in [-0.2, -0.15) is 0 Å². The van der Waals surface area contributed by atoms with E-state index in [1.807, 2.05) is 71.8 Å². The first-order valence-corrected chi connectivity index (χ1v) is 10.7. The summed E-state index contributed by atoms with van der Waals surface area (Å²) in [6.45, 7) is 0.617. The number of aromatic nitrogens is 1. The first kappa shape index (κ1) is 19.0. The van der Waals surface area contributed by atoms with Crippen LogP contribution in [-0.4, -0.2) is 21.8 Å². The number of halogens is 1. The molecule has 0 radical (unpaired) electrons. The van der Waals surface area contributed by atoms with Crippen LogP contribution in [-0.2, 0) is 12.3 Å². The van der Waals surface area contributed by atoms with Crippen molar-refractivity contribution in [2.24, 2.45) is 0 Å². The van der Waals surface area contributed by atoms with E-state index < -0.39 is 0 Å². The van der Waals surface area contributed by atoms with Crippen molar-refractivity contribution in [2.75, 3.05) is 0 Å². The van der Waals surface area contributed by atoms with Gasteiger partial charge in [-0.05, 0) is 66.4 Å². The van der Waals surface area contributed by atoms with E-state index in [1.54, 1.807) is 18.0 Å². The number of carbonyl (C=O) groups excluding carboxylic acids is 1. The van der Waals surface area contributed by atoms with Gasteiger partial charge >= 0.3 is 0 Å². The molecule has 2 aromatic carbocycles. The molecule has 1 saturated carbocycles. The molecule has 142 valence electrons. The highest BCUT2D eigenvalue weighted by Gasteiger charge is 2.33. The summed E-state index contributed by atoms with van der Waals surface area (Å²) in [7, 11) is 0. The number of benzene rings is 2. The number of hydrogen-bond acceptors (Lipinski definition) is 3. The molecule has 1 aliphatic carbocycles. The van der Waals surface area contributed by atoms with Gasteiger partial charge in [0, 0.05) is 46.2 Å². The fourth-order valence-electron chi connectivity index (χ4n) is 3.05. The highest BCUT2D eigenvalue weighted by atomic mass is 35.5. The molecular formula is C23H21ClN2OS. The summed E-state index contributed by atoms with van der Waals surface area (Å²) in [5.41, 5.74) is 3.01. The molecule has 4 rings (SSSR count). The van der Waals surface area contributed by atoms with Crippen LogP contribution in [0.5, 0.6) is 0 Å². The van der Waals surface area contributed by atoms with Crippen molar-refractivity contribution >= 4 is 29.3 Å². The predicted molar refractivity (Wildman–Crippen MR) is 115 cm³/mol. The van der Waals surface area contributed by atoms with E-state index in [0.29, 0.717) is 12.6 Å². The van der Waals surface area contributed by atoms with E-state index in [2.05, 4.69) is 4.98 Å². The fourth-order valence-corrected chi connectivity index (χ4v) is 4.03. The minimum atomic E-state index is 0.100. The van der Waals surface area contributed by atoms with Crippen molar-refractivity contribution < 1.29 is 4.79 Å². The Hall–Kier alpha value is -2.30. The van der Waals surface area contributed by atoms with Crippen molar-refractivity contribution in [1.82, 2.24) is 9.88 Å². The zero-order chi connectivity index (χ0) is 19.3. The van der Waals surface area contributed by atoms with Crippen molar-refractivity contribution in [3.63, 3.8) is 0 Å². The Labute approximate surface area is 174 Å². The lowest BCUT2D eigenvalue weighted by Crippen LogP contribution is -2.32. The zero-order valence-electron chi connectivity index (χ0n) is 15.4. The van der Waals surface area contributed by atoms with E-state index in [1.165, 1.54) is 10.5 Å². The maximum absolute atomic E-state index is 13.0. The number of pyridine rings is 1. The first-order chi connectivity index (χ1) is 13.7. The second-order valence-electron chi connectivity index (χ2n) is 6.97. The molecule has 3 nitrogen and oxygen atoms in total. The lowest BCUT2D eigenvalue weighted by molar-refractivity contribution is 0.0730. The lowest BCUT2D eigenvalue weighted by Gasteiger charge is -2.22. The van der Waals surface area contributed by atoms with Gasteiger partial charge in [-0.25, -0.2) is 0 Å². The molecule has 0 unspecified atom stereocenters. The Balaban J connectivity index is 1.40. The molecule has 0 bridgehead atoms. The molecule has 0 atom stereocenters. The maximum Gasteiger partial charge on any atom is 0.254 e. The SMILES string of the molecule is O=C(c1ccc(CSc2ccc(Cl)cc2)cc1)N(Cc1cccnc1)C1CC1. The van der Waals surface area contributed by atoms with Crippen LogP contribution in [0.15, 0.2) is 78.0 Å². The van der Waals surface area contributed by atoms with E-state index in [-0.39, 0.29) is 5.91 Å². The zero-order valence-corrected chi connectivity index (χ0v) is 17.0. The second-order valence-corrected chi connectivity index (χ2v) is 8.45. The topological polar surface area (TPSA) is 33.2 Å². The third kappa shape index (κ3) is 4.94. The van der Waals surface area contributed by atoms with Gasteiger partial charge in [0.1, 0.15) is 0 Å². The highest BCUT2D eigenvalue weighted by Crippen LogP contribution is 2.30. The molecule has 0 saturated heterocycles. The largest absolute Gasteiger partial charge is 0.331 e. The lowest BCUT2D eigenvalue weighted by atomic mass is 10.1. The van der Waals surface area contributed by atoms with Crippen LogP contribution >= 0.6 is 23.4 Å². The average Bonchev–Trinajstić information content (AvgIpc) is 3.57. The number of nitrogens with zero attached hydrogens (tertiary/aromatic N) is 2. The standard InChI is InChI=1S/C23H21ClN2OS/c24-20-7-11-22(12-8-20)28-16-17-3-5-19(6-4-17)23(27)26(21-9-10-21)15-18-2-1-13-25-14-18/h1-8,11-14,21H,9-10,15-16H2. The predicted octanol–water partition coefficient (Wildman–Crippen LogP) is 5.83. The number of amides is 1. The van der Waals surface area contributed by atoms with Gasteiger partial charge < -0.3 is 4.90 Å². The van der Waals surface area contributed by atoms with Gasteiger partial charge in [0.15, 0.2) is 0 Å². The van der Waals surface area contributed by atoms with Gasteiger partial charge in [-0.1, -0.05) is 29.8 Å². The highest BCUT2D eigenvalue weighted by molar-refractivity contribution is 7.98. The van der Waals surface area contributed by atoms with E-state index >= 15 is 0 Å². The number of carbonyl (C=O) groups is 1. The van der Waals surface area contributed by atoms with Crippen molar-refractivity contribution in [1.29, 1.82) is 0 Å². The third-order valence-electron chi connectivity index (χ3n) is 4.74. The van der Waals surface area contributed by atoms with Crippen LogP contribution in [0.1, 0.15) is 34.3 Å². The van der Waals surface area contributed by atoms with Crippen molar-refractivity contribution in [3.05, 3.63) is 94.8 Å². The molecule has 0 spiro atoms. The molecule has 1 aromatic heterocycles. The first-order valence-electron chi connectivity index (χ1n) is 9.36. The van der Waals surface area contributed by atoms with Crippen LogP contribution < -0.4 is 0 Å². The van der Waals surface area contributed by atoms with Crippen LogP contribution in [0, 0.1) is 0 Å². The molecule has 28 heavy (non-hydrogen) atoms. The van der Waals surface area contributed by atoms with Crippen molar-refractivity contribution in [3.8, 4) is 0 Å². The molecule has 0 aliphatic heterocycles. The molecule has 1 amide bonds. The summed E-state index contributed by atoms with van der Waals surface area (Å²) in [6, 6.07) is 20.1. The quantitative estimate of drug-likeness (QED) is 0.461. The third-order valence-corrected chi connectivity index (χ3v) is 6.08. The summed E-state index contributed by atoms with van der Waals surface area (Å²) in [6.07, 6.45) is 5.76. The Morgan fingerprint density at radius 2 is 1.79 bits per heavy atom. The summed E-state index contributed by atoms with van der Waals surface area (Å²) < 4.78 is 0. The normalized spacial score (nSPS) is 13.3. The summed E-state index contributed by atoms with van der Waals surface area (Å²) in [5, 5.41) is 0.749. The molecule has 1 aliphatic rings. The van der Waals surface area contributed by atoms with Gasteiger partial charge in [0.05, 0.1) is 0 Å². The number of rotatable bonds is 7. The Morgan fingerprint density at radius 3 is 2.43 bits per heavy atom. The van der Waals surface area contributed by atoms with Gasteiger partial charge in [-0.3, -0.25) is 9.78 Å². The van der Waals surface area contributed by atoms with E-state index in [9.17, 15) is 4.79 Å². The molecule has 3 aromatic rings. The number of thioether (sulfide) groups is 1. The van der Waals surface area contributed by atoms with Crippen LogP contribution in [0.25, 0.3) is 0 Å². The monoisotopic (exact) mass is 408 g/mol. The van der Waals surface area contributed by atoms with Gasteiger partial charge in [-0.15, -0.1) is 11.8 Å². The Kier molecular flexibility index (Phi) is 5.98. The molecular weight excluding hydrogens is 388 g/mol. The van der Waals surface area contributed by atoms with Crippen molar-refractivity contribution in [2.45, 2.75) is 36.1 Å². The molecule has 1 fully saturated rings. The minimum Gasteiger partial charge on any atom is -0.331 e. The maximum atomic E-state index is 13.0. The second kappa shape index (κ2) is 8.80. The van der Waals surface area contributed by atoms with E-state index in [0.717, 1.165) is 34.7 Å². The van der Waals surface area contributed by atoms with Gasteiger partial charge in [0.2, 0.25) is 0 Å². The Bertz CT molecular complexity index is 925. The van der Waals surface area contributed by atoms with Gasteiger partial charge in [0.25, 0.3) is 5.91 Å². The average molecular weight is 409 g/mol. The summed E-state index contributed by atoms with van der Waals surface area (Å²) in [5.74, 6) is 0.959. The molecule has 1 heterocycles. The minimum absolute atomic E-state index is 0.100. The van der Waals surface area contributed by atoms with Crippen LogP contribution in [0.2, 0.25) is 5.02 Å².